The zero-order valence-corrected chi connectivity index (χ0v) is 42.3. The van der Waals surface area contributed by atoms with Gasteiger partial charge in [0.25, 0.3) is 6.33 Å². The Labute approximate surface area is 418 Å². The predicted molar refractivity (Wildman–Crippen MR) is 296 cm³/mol. The summed E-state index contributed by atoms with van der Waals surface area (Å²) in [5.41, 5.74) is 17.5. The fourth-order valence-electron chi connectivity index (χ4n) is 10.0. The van der Waals surface area contributed by atoms with Crippen LogP contribution < -0.4 is 9.30 Å². The first kappa shape index (κ1) is 45.4. The third kappa shape index (κ3) is 8.60. The molecule has 0 atom stereocenters. The van der Waals surface area contributed by atoms with Gasteiger partial charge in [0.05, 0.1) is 11.0 Å². The largest absolute Gasteiger partial charge is 0.457 e. The van der Waals surface area contributed by atoms with Crippen molar-refractivity contribution in [2.24, 2.45) is 0 Å². The Kier molecular flexibility index (Phi) is 11.2. The van der Waals surface area contributed by atoms with Crippen molar-refractivity contribution in [2.45, 2.75) is 78.6 Å². The van der Waals surface area contributed by atoms with Crippen molar-refractivity contribution in [1.29, 1.82) is 0 Å². The number of fused-ring (bicyclic) bond motifs is 4. The summed E-state index contributed by atoms with van der Waals surface area (Å²) in [6, 6.07) is 70.3. The number of benzene rings is 8. The molecular weight excluding hydrogens is 865 g/mol. The molecule has 11 aromatic rings. The Balaban J connectivity index is 1.01. The quantitative estimate of drug-likeness (QED) is 0.142. The van der Waals surface area contributed by atoms with E-state index in [1.54, 1.807) is 0 Å². The van der Waals surface area contributed by atoms with Gasteiger partial charge in [-0.2, -0.15) is 9.13 Å². The molecule has 0 N–H and O–H groups in total. The highest BCUT2D eigenvalue weighted by Gasteiger charge is 2.26. The van der Waals surface area contributed by atoms with Gasteiger partial charge in [0.2, 0.25) is 0 Å². The standard InChI is InChI=1S/C66H61N4O/c1-64(2,3)48-32-28-45(29-33-48)44-24-26-46(27-25-44)54-19-15-20-55(47-30-34-49(35-31-47)65(4,5)6)63(54)69-43-68(59-22-12-13-23-60(59)69)51-16-14-17-52(41-51)71-53-36-37-57-56-18-10-11-21-58(56)70(61(57)42-53)62-40-50(38-39-67-62)66(7,8)9/h10-43H,1-9H3/q+1. The Hall–Kier alpha value is -8.02. The highest BCUT2D eigenvalue weighted by atomic mass is 16.5. The van der Waals surface area contributed by atoms with Crippen LogP contribution in [-0.2, 0) is 16.2 Å². The van der Waals surface area contributed by atoms with Gasteiger partial charge in [-0.25, -0.2) is 4.98 Å². The second-order valence-corrected chi connectivity index (χ2v) is 22.1. The monoisotopic (exact) mass is 925 g/mol. The van der Waals surface area contributed by atoms with Crippen molar-refractivity contribution in [3.63, 3.8) is 0 Å². The topological polar surface area (TPSA) is 35.9 Å². The molecule has 3 aromatic heterocycles. The van der Waals surface area contributed by atoms with Gasteiger partial charge in [-0.15, -0.1) is 0 Å². The van der Waals surface area contributed by atoms with Crippen LogP contribution in [0.4, 0.5) is 0 Å². The van der Waals surface area contributed by atoms with Crippen LogP contribution in [-0.4, -0.2) is 14.1 Å². The Morgan fingerprint density at radius 2 is 0.958 bits per heavy atom. The number of rotatable bonds is 8. The summed E-state index contributed by atoms with van der Waals surface area (Å²) in [5, 5.41) is 2.33. The van der Waals surface area contributed by atoms with Gasteiger partial charge in [0, 0.05) is 40.2 Å². The van der Waals surface area contributed by atoms with E-state index in [2.05, 4.69) is 270 Å². The van der Waals surface area contributed by atoms with E-state index in [1.165, 1.54) is 38.8 Å². The molecule has 350 valence electrons. The molecule has 0 saturated heterocycles. The number of imidazole rings is 1. The van der Waals surface area contributed by atoms with Crippen LogP contribution in [0.5, 0.6) is 11.5 Å². The molecule has 0 saturated carbocycles. The molecule has 3 heterocycles. The summed E-state index contributed by atoms with van der Waals surface area (Å²) in [6.45, 7) is 20.3. The molecule has 0 aliphatic rings. The number of pyridine rings is 1. The van der Waals surface area contributed by atoms with E-state index in [-0.39, 0.29) is 16.2 Å². The molecule has 0 unspecified atom stereocenters. The maximum atomic E-state index is 6.81. The minimum Gasteiger partial charge on any atom is -0.457 e. The van der Waals surface area contributed by atoms with E-state index >= 15 is 0 Å². The van der Waals surface area contributed by atoms with Crippen LogP contribution in [0.25, 0.3) is 83.4 Å². The summed E-state index contributed by atoms with van der Waals surface area (Å²) in [6.07, 6.45) is 4.16. The lowest BCUT2D eigenvalue weighted by Gasteiger charge is -2.20. The van der Waals surface area contributed by atoms with Gasteiger partial charge in [-0.05, 0) is 110 Å². The van der Waals surface area contributed by atoms with Crippen molar-refractivity contribution < 1.29 is 9.30 Å². The van der Waals surface area contributed by atoms with E-state index in [0.29, 0.717) is 0 Å². The van der Waals surface area contributed by atoms with E-state index in [0.717, 1.165) is 72.8 Å². The number of nitrogens with zero attached hydrogens (tertiary/aromatic N) is 4. The summed E-state index contributed by atoms with van der Waals surface area (Å²) in [4.78, 5) is 4.90. The van der Waals surface area contributed by atoms with Crippen LogP contribution in [0.15, 0.2) is 207 Å². The molecule has 5 nitrogen and oxygen atoms in total. The third-order valence-corrected chi connectivity index (χ3v) is 14.1. The zero-order chi connectivity index (χ0) is 49.2. The van der Waals surface area contributed by atoms with E-state index in [9.17, 15) is 0 Å². The normalized spacial score (nSPS) is 12.3. The fourth-order valence-corrected chi connectivity index (χ4v) is 10.0. The summed E-state index contributed by atoms with van der Waals surface area (Å²) < 4.78 is 13.7. The lowest BCUT2D eigenvalue weighted by Crippen LogP contribution is -2.30. The first-order valence-electron chi connectivity index (χ1n) is 24.8. The van der Waals surface area contributed by atoms with Gasteiger partial charge in [-0.3, -0.25) is 4.57 Å². The van der Waals surface area contributed by atoms with Crippen LogP contribution in [0.1, 0.15) is 79.0 Å². The van der Waals surface area contributed by atoms with Gasteiger partial charge in [0.1, 0.15) is 28.7 Å². The summed E-state index contributed by atoms with van der Waals surface area (Å²) in [7, 11) is 0. The highest BCUT2D eigenvalue weighted by Crippen LogP contribution is 2.39. The van der Waals surface area contributed by atoms with Crippen molar-refractivity contribution >= 4 is 32.8 Å². The summed E-state index contributed by atoms with van der Waals surface area (Å²) >= 11 is 0. The molecular formula is C66H61N4O+. The lowest BCUT2D eigenvalue weighted by atomic mass is 9.85. The molecule has 11 rings (SSSR count). The average molecular weight is 926 g/mol. The van der Waals surface area contributed by atoms with Crippen molar-refractivity contribution in [2.75, 3.05) is 0 Å². The van der Waals surface area contributed by atoms with E-state index in [4.69, 9.17) is 9.72 Å². The minimum atomic E-state index is -0.0172. The first-order valence-corrected chi connectivity index (χ1v) is 24.8. The minimum absolute atomic E-state index is 0.0172. The van der Waals surface area contributed by atoms with Gasteiger partial charge in [-0.1, -0.05) is 190 Å². The zero-order valence-electron chi connectivity index (χ0n) is 42.3. The molecule has 0 aliphatic carbocycles. The van der Waals surface area contributed by atoms with E-state index < -0.39 is 0 Å². The first-order chi connectivity index (χ1) is 34.1. The third-order valence-electron chi connectivity index (χ3n) is 14.1. The molecule has 0 bridgehead atoms. The Morgan fingerprint density at radius 1 is 0.423 bits per heavy atom. The lowest BCUT2D eigenvalue weighted by molar-refractivity contribution is -0.566. The molecule has 0 radical (unpaired) electrons. The molecule has 0 aliphatic heterocycles. The maximum Gasteiger partial charge on any atom is 0.255 e. The van der Waals surface area contributed by atoms with Crippen molar-refractivity contribution in [3.05, 3.63) is 223 Å². The van der Waals surface area contributed by atoms with Crippen molar-refractivity contribution in [3.8, 4) is 62.1 Å². The molecule has 5 heteroatoms. The smallest absolute Gasteiger partial charge is 0.255 e. The van der Waals surface area contributed by atoms with Gasteiger partial charge < -0.3 is 4.74 Å². The van der Waals surface area contributed by atoms with E-state index in [1.807, 2.05) is 12.3 Å². The number of hydrogen-bond acceptors (Lipinski definition) is 2. The van der Waals surface area contributed by atoms with Gasteiger partial charge in [0.15, 0.2) is 11.0 Å². The SMILES string of the molecule is CC(C)(C)c1ccc(-c2ccc(-c3cccc(-c4ccc(C(C)(C)C)cc4)c3-[n+]3cn(-c4cccc(Oc5ccc6c7ccccc7n(-c7cc(C(C)(C)C)ccn7)c6c5)c4)c4ccccc43)cc2)cc1. The molecule has 71 heavy (non-hydrogen) atoms. The number of hydrogen-bond donors (Lipinski definition) is 0. The van der Waals surface area contributed by atoms with Crippen LogP contribution >= 0.6 is 0 Å². The molecule has 0 spiro atoms. The number of ether oxygens (including phenoxy) is 1. The second kappa shape index (κ2) is 17.4. The second-order valence-electron chi connectivity index (χ2n) is 22.1. The summed E-state index contributed by atoms with van der Waals surface area (Å²) in [5.74, 6) is 2.39. The molecule has 0 amide bonds. The van der Waals surface area contributed by atoms with Gasteiger partial charge >= 0.3 is 0 Å². The Morgan fingerprint density at radius 3 is 1.61 bits per heavy atom. The fraction of sp³-hybridized carbons (Fsp3) is 0.182. The molecule has 8 aromatic carbocycles. The van der Waals surface area contributed by atoms with Crippen molar-refractivity contribution in [1.82, 2.24) is 14.1 Å². The van der Waals surface area contributed by atoms with Crippen LogP contribution in [0.3, 0.4) is 0 Å². The highest BCUT2D eigenvalue weighted by molar-refractivity contribution is 6.09. The number of aromatic nitrogens is 4. The van der Waals surface area contributed by atoms with Crippen LogP contribution in [0.2, 0.25) is 0 Å². The Bertz CT molecular complexity index is 3760. The molecule has 0 fully saturated rings. The average Bonchev–Trinajstić information content (AvgIpc) is 3.92. The van der Waals surface area contributed by atoms with Crippen LogP contribution in [0, 0.1) is 0 Å². The maximum absolute atomic E-state index is 6.81. The number of para-hydroxylation sites is 4. The predicted octanol–water partition coefficient (Wildman–Crippen LogP) is 17.1.